The van der Waals surface area contributed by atoms with Crippen LogP contribution in [-0.4, -0.2) is 9.95 Å². The van der Waals surface area contributed by atoms with Crippen LogP contribution in [0.15, 0.2) is 0 Å². The standard InChI is InChI=1S/C2H2Cl5OP/c3-1(4)2(5)9(6,7)8/h1-2H. The largest absolute Gasteiger partial charge is 0.288 e. The van der Waals surface area contributed by atoms with Crippen LogP contribution in [0.25, 0.3) is 0 Å². The Bertz CT molecular complexity index is 129. The van der Waals surface area contributed by atoms with E-state index in [-0.39, 0.29) is 0 Å². The second kappa shape index (κ2) is 3.90. The molecule has 7 heteroatoms. The van der Waals surface area contributed by atoms with Crippen molar-refractivity contribution in [3.63, 3.8) is 0 Å². The zero-order valence-electron chi connectivity index (χ0n) is 3.90. The van der Waals surface area contributed by atoms with Gasteiger partial charge in [-0.2, -0.15) is 0 Å². The van der Waals surface area contributed by atoms with Gasteiger partial charge in [-0.1, -0.05) is 0 Å². The summed E-state index contributed by atoms with van der Waals surface area (Å²) in [5, 5.41) is -1.09. The molecule has 1 nitrogen and oxygen atoms in total. The molecular formula is C2H2Cl5OP. The third-order valence-electron chi connectivity index (χ3n) is 0.495. The molecule has 0 saturated heterocycles. The number of hydrogen-bond donors (Lipinski definition) is 0. The van der Waals surface area contributed by atoms with Crippen molar-refractivity contribution in [2.45, 2.75) is 9.95 Å². The Labute approximate surface area is 77.5 Å². The van der Waals surface area contributed by atoms with Crippen molar-refractivity contribution in [1.29, 1.82) is 0 Å². The second-order valence-corrected chi connectivity index (χ2v) is 8.24. The van der Waals surface area contributed by atoms with Gasteiger partial charge >= 0.3 is 0 Å². The maximum atomic E-state index is 10.6. The first kappa shape index (κ1) is 10.7. The maximum Gasteiger partial charge on any atom is 0.273 e. The quantitative estimate of drug-likeness (QED) is 0.534. The Morgan fingerprint density at radius 1 is 1.11 bits per heavy atom. The van der Waals surface area contributed by atoms with E-state index in [9.17, 15) is 4.57 Å². The molecule has 0 aromatic heterocycles. The minimum atomic E-state index is -3.37. The Morgan fingerprint density at radius 2 is 1.44 bits per heavy atom. The third kappa shape index (κ3) is 4.19. The van der Waals surface area contributed by atoms with Gasteiger partial charge in [0.05, 0.1) is 0 Å². The van der Waals surface area contributed by atoms with E-state index in [1.165, 1.54) is 0 Å². The molecule has 1 atom stereocenters. The van der Waals surface area contributed by atoms with Gasteiger partial charge in [0.25, 0.3) is 5.85 Å². The van der Waals surface area contributed by atoms with Gasteiger partial charge in [-0.25, -0.2) is 0 Å². The fourth-order valence-electron chi connectivity index (χ4n) is 0.131. The Morgan fingerprint density at radius 3 is 1.44 bits per heavy atom. The van der Waals surface area contributed by atoms with Crippen molar-refractivity contribution in [3.05, 3.63) is 0 Å². The van der Waals surface area contributed by atoms with Crippen molar-refractivity contribution in [3.8, 4) is 0 Å². The molecule has 0 amide bonds. The van der Waals surface area contributed by atoms with Crippen molar-refractivity contribution in [2.24, 2.45) is 0 Å². The molecule has 0 aliphatic rings. The van der Waals surface area contributed by atoms with E-state index in [2.05, 4.69) is 0 Å². The molecule has 0 aliphatic heterocycles. The average molecular weight is 250 g/mol. The molecule has 0 radical (unpaired) electrons. The van der Waals surface area contributed by atoms with Crippen molar-refractivity contribution in [1.82, 2.24) is 0 Å². The lowest BCUT2D eigenvalue weighted by atomic mass is 10.9. The van der Waals surface area contributed by atoms with Gasteiger partial charge in [-0.3, -0.25) is 4.57 Å². The Balaban J connectivity index is 4.05. The highest BCUT2D eigenvalue weighted by molar-refractivity contribution is 8.09. The van der Waals surface area contributed by atoms with Crippen LogP contribution in [-0.2, 0) is 4.57 Å². The fourth-order valence-corrected chi connectivity index (χ4v) is 2.71. The van der Waals surface area contributed by atoms with Gasteiger partial charge in [0.2, 0.25) is 0 Å². The normalized spacial score (nSPS) is 16.2. The maximum absolute atomic E-state index is 10.6. The summed E-state index contributed by atoms with van der Waals surface area (Å²) in [6, 6.07) is 0. The molecule has 0 fully saturated rings. The molecule has 9 heavy (non-hydrogen) atoms. The molecule has 0 aromatic carbocycles. The molecule has 0 aliphatic carbocycles. The number of rotatable bonds is 2. The van der Waals surface area contributed by atoms with Crippen LogP contribution < -0.4 is 0 Å². The van der Waals surface area contributed by atoms with E-state index in [1.807, 2.05) is 0 Å². The van der Waals surface area contributed by atoms with E-state index >= 15 is 0 Å². The van der Waals surface area contributed by atoms with Crippen molar-refractivity contribution >= 4 is 63.1 Å². The van der Waals surface area contributed by atoms with Crippen LogP contribution in [0.5, 0.6) is 0 Å². The summed E-state index contributed by atoms with van der Waals surface area (Å²) in [4.78, 5) is -1.01. The highest BCUT2D eigenvalue weighted by Crippen LogP contribution is 2.64. The monoisotopic (exact) mass is 248 g/mol. The number of alkyl halides is 3. The molecular weight excluding hydrogens is 248 g/mol. The zero-order valence-corrected chi connectivity index (χ0v) is 8.57. The van der Waals surface area contributed by atoms with E-state index in [1.54, 1.807) is 0 Å². The van der Waals surface area contributed by atoms with Gasteiger partial charge in [0.1, 0.15) is 9.95 Å². The minimum Gasteiger partial charge on any atom is -0.288 e. The van der Waals surface area contributed by atoms with Gasteiger partial charge in [0.15, 0.2) is 0 Å². The molecule has 0 aromatic rings. The van der Waals surface area contributed by atoms with Crippen molar-refractivity contribution in [2.75, 3.05) is 0 Å². The van der Waals surface area contributed by atoms with Crippen LogP contribution in [0.2, 0.25) is 0 Å². The summed E-state index contributed by atoms with van der Waals surface area (Å²) >= 11 is 25.9. The molecule has 0 bridgehead atoms. The lowest BCUT2D eigenvalue weighted by molar-refractivity contribution is 0.591. The Kier molecular flexibility index (Phi) is 4.62. The Hall–Kier alpha value is 1.68. The number of halogens is 5. The molecule has 0 saturated carbocycles. The van der Waals surface area contributed by atoms with Gasteiger partial charge in [0, 0.05) is 0 Å². The summed E-state index contributed by atoms with van der Waals surface area (Å²) < 4.78 is 10.6. The van der Waals surface area contributed by atoms with Gasteiger partial charge in [-0.15, -0.1) is 34.8 Å². The smallest absolute Gasteiger partial charge is 0.273 e. The fraction of sp³-hybridized carbons (Fsp3) is 1.00. The highest BCUT2D eigenvalue weighted by atomic mass is 35.9. The number of hydrogen-bond acceptors (Lipinski definition) is 1. The topological polar surface area (TPSA) is 17.1 Å². The summed E-state index contributed by atoms with van der Waals surface area (Å²) in [5.74, 6) is -3.37. The summed E-state index contributed by atoms with van der Waals surface area (Å²) in [7, 11) is 0. The van der Waals surface area contributed by atoms with Crippen LogP contribution in [0.3, 0.4) is 0 Å². The molecule has 0 rings (SSSR count). The van der Waals surface area contributed by atoms with E-state index < -0.39 is 15.8 Å². The van der Waals surface area contributed by atoms with E-state index in [0.717, 1.165) is 0 Å². The van der Waals surface area contributed by atoms with Gasteiger partial charge < -0.3 is 0 Å². The summed E-state index contributed by atoms with van der Waals surface area (Å²) in [6.07, 6.45) is 0. The minimum absolute atomic E-state index is 1.01. The molecule has 0 spiro atoms. The van der Waals surface area contributed by atoms with Crippen LogP contribution in [0.4, 0.5) is 0 Å². The zero-order chi connectivity index (χ0) is 7.65. The third-order valence-corrected chi connectivity index (χ3v) is 5.42. The lowest BCUT2D eigenvalue weighted by Gasteiger charge is -2.09. The predicted octanol–water partition coefficient (Wildman–Crippen LogP) is 4.03. The van der Waals surface area contributed by atoms with E-state index in [0.29, 0.717) is 0 Å². The van der Waals surface area contributed by atoms with E-state index in [4.69, 9.17) is 57.3 Å². The first-order valence-corrected chi connectivity index (χ1v) is 6.66. The van der Waals surface area contributed by atoms with Crippen LogP contribution in [0.1, 0.15) is 0 Å². The highest BCUT2D eigenvalue weighted by Gasteiger charge is 2.31. The van der Waals surface area contributed by atoms with Crippen LogP contribution >= 0.6 is 63.1 Å². The predicted molar refractivity (Wildman–Crippen MR) is 44.4 cm³/mol. The summed E-state index contributed by atoms with van der Waals surface area (Å²) in [5.41, 5.74) is 0. The van der Waals surface area contributed by atoms with Crippen LogP contribution in [0, 0.1) is 0 Å². The van der Waals surface area contributed by atoms with Crippen molar-refractivity contribution < 1.29 is 4.57 Å². The lowest BCUT2D eigenvalue weighted by Crippen LogP contribution is -2.02. The van der Waals surface area contributed by atoms with Gasteiger partial charge in [-0.05, 0) is 22.5 Å². The first-order chi connectivity index (χ1) is 3.85. The molecule has 0 N–H and O–H groups in total. The summed E-state index contributed by atoms with van der Waals surface area (Å²) in [6.45, 7) is 0. The second-order valence-electron chi connectivity index (χ2n) is 1.21. The molecule has 56 valence electrons. The molecule has 0 heterocycles. The molecule has 1 unspecified atom stereocenters. The first-order valence-electron chi connectivity index (χ1n) is 1.77. The average Bonchev–Trinajstić information content (AvgIpc) is 1.62. The SMILES string of the molecule is O=P(Cl)(Cl)C(Cl)C(Cl)Cl.